The number of nitrogens with one attached hydrogen (secondary N) is 1. The molecule has 1 aromatic carbocycles. The Labute approximate surface area is 91.9 Å². The smallest absolute Gasteiger partial charge is 0.0807 e. The van der Waals surface area contributed by atoms with Crippen LogP contribution in [0.15, 0.2) is 18.2 Å². The highest BCUT2D eigenvalue weighted by molar-refractivity contribution is 5.79. The highest BCUT2D eigenvalue weighted by Crippen LogP contribution is 2.26. The number of para-hydroxylation sites is 1. The zero-order chi connectivity index (χ0) is 11.5. The van der Waals surface area contributed by atoms with Crippen LogP contribution in [0.5, 0.6) is 0 Å². The molecule has 1 aromatic rings. The number of nitrogens with two attached hydrogens (primary N) is 2. The molecule has 0 heterocycles. The minimum absolute atomic E-state index is 0.200. The topological polar surface area (TPSA) is 64.1 Å². The fraction of sp³-hybridized carbons (Fsp3) is 0.417. The molecule has 15 heavy (non-hydrogen) atoms. The highest BCUT2D eigenvalue weighted by atomic mass is 14.9. The van der Waals surface area contributed by atoms with Crippen molar-refractivity contribution in [1.82, 2.24) is 0 Å². The molecule has 0 amide bonds. The number of hydrogen-bond donors (Lipinski definition) is 3. The Morgan fingerprint density at radius 3 is 2.20 bits per heavy atom. The van der Waals surface area contributed by atoms with Gasteiger partial charge in [-0.3, -0.25) is 0 Å². The van der Waals surface area contributed by atoms with Gasteiger partial charge in [-0.05, 0) is 24.0 Å². The van der Waals surface area contributed by atoms with Gasteiger partial charge in [-0.1, -0.05) is 26.8 Å². The average molecular weight is 206 g/mol. The molecule has 5 N–H and O–H groups in total. The molecule has 0 saturated heterocycles. The van der Waals surface area contributed by atoms with E-state index in [-0.39, 0.29) is 5.41 Å². The molecule has 3 heteroatoms. The van der Waals surface area contributed by atoms with Gasteiger partial charge in [-0.25, -0.2) is 0 Å². The summed E-state index contributed by atoms with van der Waals surface area (Å²) in [6.07, 6.45) is 2.19. The van der Waals surface area contributed by atoms with E-state index in [0.717, 1.165) is 12.2 Å². The second-order valence-electron chi connectivity index (χ2n) is 4.76. The van der Waals surface area contributed by atoms with Crippen LogP contribution >= 0.6 is 0 Å². The standard InChI is InChI=1S/C12H20N3/c1-12(2,3)7-8-15-11-9(13)5-4-6-10(11)14/h4-7,15H,8,13-14H2,1-3H3. The maximum atomic E-state index is 5.81. The maximum absolute atomic E-state index is 5.81. The highest BCUT2D eigenvalue weighted by Gasteiger charge is 2.10. The van der Waals surface area contributed by atoms with Crippen molar-refractivity contribution < 1.29 is 0 Å². The second kappa shape index (κ2) is 4.43. The van der Waals surface area contributed by atoms with Gasteiger partial charge < -0.3 is 16.8 Å². The van der Waals surface area contributed by atoms with Gasteiger partial charge in [-0.2, -0.15) is 0 Å². The lowest BCUT2D eigenvalue weighted by atomic mass is 9.92. The Balaban J connectivity index is 2.58. The molecule has 83 valence electrons. The molecule has 0 bridgehead atoms. The van der Waals surface area contributed by atoms with E-state index in [4.69, 9.17) is 11.5 Å². The first kappa shape index (κ1) is 11.7. The van der Waals surface area contributed by atoms with Crippen molar-refractivity contribution in [3.8, 4) is 0 Å². The van der Waals surface area contributed by atoms with Gasteiger partial charge in [0.15, 0.2) is 0 Å². The normalized spacial score (nSPS) is 11.4. The van der Waals surface area contributed by atoms with Crippen LogP contribution in [0, 0.1) is 11.8 Å². The maximum Gasteiger partial charge on any atom is 0.0807 e. The summed E-state index contributed by atoms with van der Waals surface area (Å²) in [7, 11) is 0. The Hall–Kier alpha value is -1.38. The van der Waals surface area contributed by atoms with Crippen molar-refractivity contribution in [2.45, 2.75) is 20.8 Å². The summed E-state index contributed by atoms with van der Waals surface area (Å²) in [5.41, 5.74) is 14.0. The number of nitrogen functional groups attached to an aromatic ring is 2. The quantitative estimate of drug-likeness (QED) is 0.666. The van der Waals surface area contributed by atoms with E-state index < -0.39 is 0 Å². The van der Waals surface area contributed by atoms with Crippen molar-refractivity contribution in [2.24, 2.45) is 5.41 Å². The van der Waals surface area contributed by atoms with Crippen LogP contribution in [0.25, 0.3) is 0 Å². The first-order chi connectivity index (χ1) is 6.90. The fourth-order valence-electron chi connectivity index (χ4n) is 1.25. The average Bonchev–Trinajstić information content (AvgIpc) is 2.08. The van der Waals surface area contributed by atoms with E-state index in [1.54, 1.807) is 0 Å². The lowest BCUT2D eigenvalue weighted by Gasteiger charge is -2.19. The molecule has 0 aliphatic carbocycles. The molecule has 0 aliphatic rings. The molecule has 0 unspecified atom stereocenters. The van der Waals surface area contributed by atoms with E-state index in [2.05, 4.69) is 32.5 Å². The summed E-state index contributed by atoms with van der Waals surface area (Å²) in [6.45, 7) is 7.24. The zero-order valence-electron chi connectivity index (χ0n) is 9.67. The second-order valence-corrected chi connectivity index (χ2v) is 4.76. The van der Waals surface area contributed by atoms with Gasteiger partial charge in [-0.15, -0.1) is 0 Å². The van der Waals surface area contributed by atoms with Gasteiger partial charge in [0.1, 0.15) is 0 Å². The predicted molar refractivity (Wildman–Crippen MR) is 67.5 cm³/mol. The number of hydrogen-bond acceptors (Lipinski definition) is 3. The Morgan fingerprint density at radius 1 is 1.20 bits per heavy atom. The minimum atomic E-state index is 0.200. The van der Waals surface area contributed by atoms with Gasteiger partial charge in [0.05, 0.1) is 17.1 Å². The Bertz CT molecular complexity index is 306. The molecule has 1 rings (SSSR count). The molecule has 0 aliphatic heterocycles. The summed E-state index contributed by atoms with van der Waals surface area (Å²) < 4.78 is 0. The molecule has 0 fully saturated rings. The van der Waals surface area contributed by atoms with Gasteiger partial charge in [0, 0.05) is 6.54 Å². The Morgan fingerprint density at radius 2 is 1.73 bits per heavy atom. The molecule has 0 saturated carbocycles. The summed E-state index contributed by atoms with van der Waals surface area (Å²) >= 11 is 0. The first-order valence-electron chi connectivity index (χ1n) is 5.12. The van der Waals surface area contributed by atoms with E-state index in [9.17, 15) is 0 Å². The molecule has 0 spiro atoms. The van der Waals surface area contributed by atoms with E-state index in [0.29, 0.717) is 11.4 Å². The largest absolute Gasteiger partial charge is 0.397 e. The summed E-state index contributed by atoms with van der Waals surface area (Å²) in [5.74, 6) is 0. The van der Waals surface area contributed by atoms with Gasteiger partial charge in [0.25, 0.3) is 0 Å². The van der Waals surface area contributed by atoms with Crippen molar-refractivity contribution in [1.29, 1.82) is 0 Å². The van der Waals surface area contributed by atoms with Gasteiger partial charge in [0.2, 0.25) is 0 Å². The summed E-state index contributed by atoms with van der Waals surface area (Å²) in [4.78, 5) is 0. The summed E-state index contributed by atoms with van der Waals surface area (Å²) in [6, 6.07) is 5.54. The number of rotatable bonds is 3. The van der Waals surface area contributed by atoms with E-state index in [1.807, 2.05) is 18.2 Å². The third kappa shape index (κ3) is 3.70. The molecular formula is C12H20N3. The van der Waals surface area contributed by atoms with Crippen LogP contribution in [0.4, 0.5) is 17.1 Å². The number of anilines is 3. The lowest BCUT2D eigenvalue weighted by molar-refractivity contribution is 0.490. The van der Waals surface area contributed by atoms with Crippen LogP contribution < -0.4 is 16.8 Å². The van der Waals surface area contributed by atoms with Gasteiger partial charge >= 0.3 is 0 Å². The minimum Gasteiger partial charge on any atom is -0.397 e. The predicted octanol–water partition coefficient (Wildman–Crippen LogP) is 2.51. The monoisotopic (exact) mass is 206 g/mol. The number of benzene rings is 1. The third-order valence-electron chi connectivity index (χ3n) is 2.12. The molecule has 1 radical (unpaired) electrons. The molecule has 0 aromatic heterocycles. The first-order valence-corrected chi connectivity index (χ1v) is 5.12. The molecular weight excluding hydrogens is 186 g/mol. The van der Waals surface area contributed by atoms with Crippen molar-refractivity contribution >= 4 is 17.1 Å². The van der Waals surface area contributed by atoms with Crippen LogP contribution in [-0.4, -0.2) is 6.54 Å². The van der Waals surface area contributed by atoms with Crippen LogP contribution in [0.3, 0.4) is 0 Å². The van der Waals surface area contributed by atoms with E-state index >= 15 is 0 Å². The van der Waals surface area contributed by atoms with Crippen LogP contribution in [-0.2, 0) is 0 Å². The fourth-order valence-corrected chi connectivity index (χ4v) is 1.25. The van der Waals surface area contributed by atoms with Crippen molar-refractivity contribution in [2.75, 3.05) is 23.3 Å². The van der Waals surface area contributed by atoms with Crippen LogP contribution in [0.2, 0.25) is 0 Å². The lowest BCUT2D eigenvalue weighted by Crippen LogP contribution is -2.15. The van der Waals surface area contributed by atoms with Crippen LogP contribution in [0.1, 0.15) is 20.8 Å². The van der Waals surface area contributed by atoms with Crippen molar-refractivity contribution in [3.63, 3.8) is 0 Å². The molecule has 3 nitrogen and oxygen atoms in total. The molecule has 0 atom stereocenters. The zero-order valence-corrected chi connectivity index (χ0v) is 9.67. The van der Waals surface area contributed by atoms with Crippen molar-refractivity contribution in [3.05, 3.63) is 24.6 Å². The van der Waals surface area contributed by atoms with E-state index in [1.165, 1.54) is 0 Å². The Kier molecular flexibility index (Phi) is 3.45. The summed E-state index contributed by atoms with van der Waals surface area (Å²) in [5, 5.41) is 3.23. The third-order valence-corrected chi connectivity index (χ3v) is 2.12. The SMILES string of the molecule is CC(C)(C)[CH]CNc1c(N)cccc1N.